The summed E-state index contributed by atoms with van der Waals surface area (Å²) >= 11 is 0. The van der Waals surface area contributed by atoms with Crippen LogP contribution in [0.25, 0.3) is 0 Å². The van der Waals surface area contributed by atoms with Crippen molar-refractivity contribution in [3.8, 4) is 0 Å². The molecule has 4 N–H and O–H groups in total. The second kappa shape index (κ2) is 15.6. The van der Waals surface area contributed by atoms with Gasteiger partial charge in [-0.15, -0.1) is 0 Å². The minimum Gasteiger partial charge on any atom is -0.359 e. The van der Waals surface area contributed by atoms with Crippen molar-refractivity contribution in [1.82, 2.24) is 31.3 Å². The summed E-state index contributed by atoms with van der Waals surface area (Å²) in [5.41, 5.74) is 2.87. The molecule has 11 nitrogen and oxygen atoms in total. The summed E-state index contributed by atoms with van der Waals surface area (Å²) in [5, 5.41) is 15.2. The quantitative estimate of drug-likeness (QED) is 0.317. The van der Waals surface area contributed by atoms with E-state index in [-0.39, 0.29) is 24.4 Å². The SMILES string of the molecule is CC(C)=CCN1CCNC(=O)[C@@H](Cc2ccccc2)NC(=O)[C@H](Cc2ccccc2)NC(=O)[C@H](C)NC(=O)c2cc(on2)C1. The smallest absolute Gasteiger partial charge is 0.274 e. The van der Waals surface area contributed by atoms with Gasteiger partial charge >= 0.3 is 0 Å². The lowest BCUT2D eigenvalue weighted by Crippen LogP contribution is -2.57. The van der Waals surface area contributed by atoms with Crippen molar-refractivity contribution in [3.05, 3.63) is 101 Å². The molecule has 3 atom stereocenters. The highest BCUT2D eigenvalue weighted by Gasteiger charge is 2.29. The van der Waals surface area contributed by atoms with Crippen LogP contribution in [0.3, 0.4) is 0 Å². The maximum absolute atomic E-state index is 13.7. The average Bonchev–Trinajstić information content (AvgIpc) is 3.48. The minimum absolute atomic E-state index is 0.0403. The zero-order valence-corrected chi connectivity index (χ0v) is 25.3. The molecule has 2 heterocycles. The molecule has 0 saturated heterocycles. The molecule has 11 heteroatoms. The third-order valence-corrected chi connectivity index (χ3v) is 7.23. The van der Waals surface area contributed by atoms with Crippen molar-refractivity contribution in [2.45, 2.75) is 58.3 Å². The van der Waals surface area contributed by atoms with Crippen LogP contribution in [-0.2, 0) is 33.8 Å². The molecule has 0 radical (unpaired) electrons. The van der Waals surface area contributed by atoms with Crippen molar-refractivity contribution in [2.75, 3.05) is 19.6 Å². The van der Waals surface area contributed by atoms with Crippen LogP contribution in [0.4, 0.5) is 0 Å². The molecule has 3 aromatic rings. The number of benzene rings is 2. The summed E-state index contributed by atoms with van der Waals surface area (Å²) < 4.78 is 5.44. The monoisotopic (exact) mass is 600 g/mol. The van der Waals surface area contributed by atoms with Crippen LogP contribution in [0, 0.1) is 0 Å². The van der Waals surface area contributed by atoms with Gasteiger partial charge in [0.2, 0.25) is 17.7 Å². The minimum atomic E-state index is -1.01. The largest absolute Gasteiger partial charge is 0.359 e. The highest BCUT2D eigenvalue weighted by atomic mass is 16.5. The Bertz CT molecular complexity index is 1450. The van der Waals surface area contributed by atoms with Gasteiger partial charge in [0.05, 0.1) is 6.54 Å². The second-order valence-corrected chi connectivity index (χ2v) is 11.2. The highest BCUT2D eigenvalue weighted by Crippen LogP contribution is 2.11. The van der Waals surface area contributed by atoms with Gasteiger partial charge in [0.25, 0.3) is 5.91 Å². The maximum atomic E-state index is 13.7. The summed E-state index contributed by atoms with van der Waals surface area (Å²) in [7, 11) is 0. The Hall–Kier alpha value is -4.77. The van der Waals surface area contributed by atoms with Gasteiger partial charge in [-0.25, -0.2) is 0 Å². The molecular weight excluding hydrogens is 560 g/mol. The van der Waals surface area contributed by atoms with E-state index in [1.165, 1.54) is 6.92 Å². The predicted octanol–water partition coefficient (Wildman–Crippen LogP) is 2.15. The van der Waals surface area contributed by atoms with E-state index in [0.717, 1.165) is 16.7 Å². The Labute approximate surface area is 257 Å². The van der Waals surface area contributed by atoms with E-state index in [9.17, 15) is 19.2 Å². The molecule has 1 aliphatic rings. The standard InChI is InChI=1S/C33H40N6O5/c1-22(2)14-16-39-17-15-34-31(41)27(18-24-10-6-4-7-11-24)37-32(42)28(19-25-12-8-5-9-13-25)36-30(40)23(3)35-33(43)29-20-26(21-39)44-38-29/h4-14,20,23,27-28H,15-19,21H2,1-3H3,(H,34,41)(H,35,43)(H,36,40)(H,37,42)/t23-,27+,28-/m0/s1. The maximum Gasteiger partial charge on any atom is 0.274 e. The van der Waals surface area contributed by atoms with E-state index in [1.807, 2.05) is 74.5 Å². The van der Waals surface area contributed by atoms with Gasteiger partial charge in [0.15, 0.2) is 11.5 Å². The Kier molecular flexibility index (Phi) is 11.4. The zero-order chi connectivity index (χ0) is 31.5. The van der Waals surface area contributed by atoms with Crippen molar-refractivity contribution in [3.63, 3.8) is 0 Å². The Balaban J connectivity index is 1.63. The Morgan fingerprint density at radius 3 is 2.07 bits per heavy atom. The van der Waals surface area contributed by atoms with Crippen LogP contribution in [0.15, 0.2) is 82.9 Å². The van der Waals surface area contributed by atoms with Crippen LogP contribution in [0.1, 0.15) is 48.1 Å². The number of aromatic nitrogens is 1. The lowest BCUT2D eigenvalue weighted by Gasteiger charge is -2.25. The van der Waals surface area contributed by atoms with E-state index >= 15 is 0 Å². The van der Waals surface area contributed by atoms with E-state index in [1.54, 1.807) is 6.07 Å². The number of nitrogens with one attached hydrogen (secondary N) is 4. The number of nitrogens with zero attached hydrogens (tertiary/aromatic N) is 2. The normalized spacial score (nSPS) is 20.8. The Morgan fingerprint density at radius 2 is 1.45 bits per heavy atom. The van der Waals surface area contributed by atoms with Gasteiger partial charge in [-0.1, -0.05) is 77.5 Å². The van der Waals surface area contributed by atoms with E-state index < -0.39 is 35.8 Å². The van der Waals surface area contributed by atoms with Gasteiger partial charge in [-0.3, -0.25) is 24.1 Å². The molecule has 0 fully saturated rings. The van der Waals surface area contributed by atoms with Gasteiger partial charge < -0.3 is 25.8 Å². The number of carbonyl (C=O) groups is 4. The van der Waals surface area contributed by atoms with Gasteiger partial charge in [0.1, 0.15) is 18.1 Å². The summed E-state index contributed by atoms with van der Waals surface area (Å²) in [6.45, 7) is 7.24. The van der Waals surface area contributed by atoms with Crippen molar-refractivity contribution in [1.29, 1.82) is 0 Å². The van der Waals surface area contributed by atoms with Crippen molar-refractivity contribution < 1.29 is 23.7 Å². The third-order valence-electron chi connectivity index (χ3n) is 7.23. The number of amides is 4. The molecule has 0 saturated carbocycles. The van der Waals surface area contributed by atoms with Crippen molar-refractivity contribution in [2.24, 2.45) is 0 Å². The van der Waals surface area contributed by atoms with Crippen LogP contribution >= 0.6 is 0 Å². The van der Waals surface area contributed by atoms with Crippen LogP contribution < -0.4 is 21.3 Å². The summed E-state index contributed by atoms with van der Waals surface area (Å²) in [6.07, 6.45) is 2.51. The fraction of sp³-hybridized carbons (Fsp3) is 0.364. The summed E-state index contributed by atoms with van der Waals surface area (Å²) in [5.74, 6) is -1.50. The summed E-state index contributed by atoms with van der Waals surface area (Å²) in [4.78, 5) is 55.4. The molecule has 0 aliphatic carbocycles. The molecule has 0 unspecified atom stereocenters. The predicted molar refractivity (Wildman–Crippen MR) is 165 cm³/mol. The molecule has 2 aromatic carbocycles. The highest BCUT2D eigenvalue weighted by molar-refractivity contribution is 5.97. The number of carbonyl (C=O) groups excluding carboxylic acids is 4. The molecule has 44 heavy (non-hydrogen) atoms. The Morgan fingerprint density at radius 1 is 0.864 bits per heavy atom. The molecule has 0 spiro atoms. The van der Waals surface area contributed by atoms with Crippen molar-refractivity contribution >= 4 is 23.6 Å². The first kappa shape index (κ1) is 32.2. The lowest BCUT2D eigenvalue weighted by molar-refractivity contribution is -0.132. The average molecular weight is 601 g/mol. The molecule has 232 valence electrons. The molecule has 1 aliphatic heterocycles. The van der Waals surface area contributed by atoms with Crippen LogP contribution in [-0.4, -0.2) is 71.4 Å². The van der Waals surface area contributed by atoms with E-state index in [0.29, 0.717) is 31.9 Å². The molecular formula is C33H40N6O5. The van der Waals surface area contributed by atoms with Gasteiger partial charge in [-0.05, 0) is 31.9 Å². The molecule has 1 aromatic heterocycles. The second-order valence-electron chi connectivity index (χ2n) is 11.2. The number of hydrogen-bond acceptors (Lipinski definition) is 7. The van der Waals surface area contributed by atoms with Gasteiger partial charge in [-0.2, -0.15) is 0 Å². The summed E-state index contributed by atoms with van der Waals surface area (Å²) in [6, 6.07) is 17.3. The first-order valence-electron chi connectivity index (χ1n) is 14.8. The lowest BCUT2D eigenvalue weighted by atomic mass is 10.0. The first-order chi connectivity index (χ1) is 21.2. The van der Waals surface area contributed by atoms with Crippen LogP contribution in [0.2, 0.25) is 0 Å². The molecule has 2 bridgehead atoms. The topological polar surface area (TPSA) is 146 Å². The molecule has 4 rings (SSSR count). The number of allylic oxidation sites excluding steroid dienone is 1. The van der Waals surface area contributed by atoms with E-state index in [4.69, 9.17) is 4.52 Å². The number of hydrogen-bond donors (Lipinski definition) is 4. The van der Waals surface area contributed by atoms with Crippen LogP contribution in [0.5, 0.6) is 0 Å². The fourth-order valence-electron chi connectivity index (χ4n) is 4.75. The number of rotatable bonds is 6. The first-order valence-corrected chi connectivity index (χ1v) is 14.8. The third kappa shape index (κ3) is 9.63. The number of fused-ring (bicyclic) bond motifs is 2. The zero-order valence-electron chi connectivity index (χ0n) is 25.3. The molecule has 4 amide bonds. The van der Waals surface area contributed by atoms with Gasteiger partial charge in [0, 0.05) is 38.5 Å². The fourth-order valence-corrected chi connectivity index (χ4v) is 4.75. The van der Waals surface area contributed by atoms with E-state index in [2.05, 4.69) is 37.4 Å².